The number of nitrogens with zero attached hydrogens (tertiary/aromatic N) is 1. The van der Waals surface area contributed by atoms with Crippen LogP contribution >= 0.6 is 0 Å². The molecule has 2 N–H and O–H groups in total. The largest absolute Gasteiger partial charge is 0.328 e. The van der Waals surface area contributed by atoms with Crippen LogP contribution in [0.15, 0.2) is 0 Å². The highest BCUT2D eigenvalue weighted by molar-refractivity contribution is 6.05. The quantitative estimate of drug-likeness (QED) is 0.697. The van der Waals surface area contributed by atoms with Gasteiger partial charge in [-0.15, -0.1) is 0 Å². The van der Waals surface area contributed by atoms with Gasteiger partial charge < -0.3 is 5.73 Å². The molecule has 1 saturated heterocycles. The van der Waals surface area contributed by atoms with Gasteiger partial charge in [-0.05, 0) is 5.92 Å². The highest BCUT2D eigenvalue weighted by Crippen LogP contribution is 2.28. The van der Waals surface area contributed by atoms with Crippen LogP contribution in [0.25, 0.3) is 0 Å². The van der Waals surface area contributed by atoms with Crippen molar-refractivity contribution in [2.24, 2.45) is 23.5 Å². The molecular weight excluding hydrogens is 192 g/mol. The van der Waals surface area contributed by atoms with Crippen molar-refractivity contribution in [3.63, 3.8) is 0 Å². The lowest BCUT2D eigenvalue weighted by Crippen LogP contribution is -2.47. The molecule has 1 heterocycles. The standard InChI is InChI=1S/C11H20N2O2/c1-6(2)9(5-12)13-10(14)7(3)8(4)11(13)15/h6-9H,5,12H2,1-4H3. The molecule has 0 spiro atoms. The van der Waals surface area contributed by atoms with Gasteiger partial charge in [-0.25, -0.2) is 0 Å². The normalized spacial score (nSPS) is 29.1. The van der Waals surface area contributed by atoms with Crippen LogP contribution < -0.4 is 5.73 Å². The van der Waals surface area contributed by atoms with Crippen molar-refractivity contribution >= 4 is 11.8 Å². The molecule has 1 rings (SSSR count). The fourth-order valence-electron chi connectivity index (χ4n) is 1.98. The molecule has 3 unspecified atom stereocenters. The number of likely N-dealkylation sites (tertiary alicyclic amines) is 1. The molecule has 1 aliphatic rings. The lowest BCUT2D eigenvalue weighted by molar-refractivity contribution is -0.143. The van der Waals surface area contributed by atoms with Crippen molar-refractivity contribution < 1.29 is 9.59 Å². The van der Waals surface area contributed by atoms with Crippen LogP contribution in [0.4, 0.5) is 0 Å². The van der Waals surface area contributed by atoms with Gasteiger partial charge in [0.05, 0.1) is 6.04 Å². The van der Waals surface area contributed by atoms with E-state index < -0.39 is 0 Å². The molecular formula is C11H20N2O2. The van der Waals surface area contributed by atoms with E-state index in [4.69, 9.17) is 5.73 Å². The third-order valence-corrected chi connectivity index (χ3v) is 3.35. The zero-order chi connectivity index (χ0) is 11.7. The van der Waals surface area contributed by atoms with E-state index in [1.54, 1.807) is 13.8 Å². The first-order valence-electron chi connectivity index (χ1n) is 5.48. The second kappa shape index (κ2) is 4.31. The van der Waals surface area contributed by atoms with Gasteiger partial charge in [-0.3, -0.25) is 14.5 Å². The maximum atomic E-state index is 11.9. The summed E-state index contributed by atoms with van der Waals surface area (Å²) in [5.74, 6) is -0.343. The van der Waals surface area contributed by atoms with Crippen molar-refractivity contribution in [1.82, 2.24) is 4.90 Å². The fraction of sp³-hybridized carbons (Fsp3) is 0.818. The molecule has 0 aromatic carbocycles. The van der Waals surface area contributed by atoms with Crippen LogP contribution in [0.5, 0.6) is 0 Å². The molecule has 0 aliphatic carbocycles. The molecule has 0 aromatic rings. The van der Waals surface area contributed by atoms with Gasteiger partial charge in [0.1, 0.15) is 0 Å². The number of nitrogens with two attached hydrogens (primary N) is 1. The molecule has 0 saturated carbocycles. The van der Waals surface area contributed by atoms with Crippen LogP contribution in [-0.4, -0.2) is 29.3 Å². The first kappa shape index (κ1) is 12.2. The van der Waals surface area contributed by atoms with Gasteiger partial charge in [-0.1, -0.05) is 27.7 Å². The van der Waals surface area contributed by atoms with Gasteiger partial charge in [0, 0.05) is 18.4 Å². The van der Waals surface area contributed by atoms with Gasteiger partial charge in [-0.2, -0.15) is 0 Å². The van der Waals surface area contributed by atoms with Crippen LogP contribution in [0, 0.1) is 17.8 Å². The van der Waals surface area contributed by atoms with Crippen LogP contribution in [0.2, 0.25) is 0 Å². The monoisotopic (exact) mass is 212 g/mol. The van der Waals surface area contributed by atoms with Gasteiger partial charge in [0.2, 0.25) is 11.8 Å². The minimum atomic E-state index is -0.203. The average molecular weight is 212 g/mol. The van der Waals surface area contributed by atoms with E-state index in [0.29, 0.717) is 6.54 Å². The second-order valence-electron chi connectivity index (χ2n) is 4.67. The summed E-state index contributed by atoms with van der Waals surface area (Å²) >= 11 is 0. The first-order chi connectivity index (χ1) is 6.91. The minimum Gasteiger partial charge on any atom is -0.328 e. The highest BCUT2D eigenvalue weighted by Gasteiger charge is 2.45. The number of carbonyl (C=O) groups excluding carboxylic acids is 2. The zero-order valence-electron chi connectivity index (χ0n) is 9.86. The molecule has 2 amide bonds. The Hall–Kier alpha value is -0.900. The Bertz CT molecular complexity index is 256. The van der Waals surface area contributed by atoms with E-state index in [-0.39, 0.29) is 35.6 Å². The third-order valence-electron chi connectivity index (χ3n) is 3.35. The van der Waals surface area contributed by atoms with E-state index in [9.17, 15) is 9.59 Å². The molecule has 1 fully saturated rings. The molecule has 0 radical (unpaired) electrons. The first-order valence-corrected chi connectivity index (χ1v) is 5.48. The Balaban J connectivity index is 2.95. The van der Waals surface area contributed by atoms with E-state index in [2.05, 4.69) is 0 Å². The van der Waals surface area contributed by atoms with Crippen molar-refractivity contribution in [3.05, 3.63) is 0 Å². The summed E-state index contributed by atoms with van der Waals surface area (Å²) < 4.78 is 0. The summed E-state index contributed by atoms with van der Waals surface area (Å²) in [6.07, 6.45) is 0. The number of hydrogen-bond acceptors (Lipinski definition) is 3. The van der Waals surface area contributed by atoms with Crippen LogP contribution in [-0.2, 0) is 9.59 Å². The zero-order valence-corrected chi connectivity index (χ0v) is 9.86. The summed E-state index contributed by atoms with van der Waals surface area (Å²) in [6, 6.07) is -0.155. The number of rotatable bonds is 3. The number of carbonyl (C=O) groups is 2. The predicted molar refractivity (Wildman–Crippen MR) is 57.9 cm³/mol. The third kappa shape index (κ3) is 1.91. The van der Waals surface area contributed by atoms with Crippen molar-refractivity contribution in [2.45, 2.75) is 33.7 Å². The average Bonchev–Trinajstić information content (AvgIpc) is 2.36. The number of imide groups is 1. The van der Waals surface area contributed by atoms with Crippen molar-refractivity contribution in [3.8, 4) is 0 Å². The SMILES string of the molecule is CC(C)C(CN)N1C(=O)C(C)C(C)C1=O. The molecule has 1 aliphatic heterocycles. The Morgan fingerprint density at radius 3 is 1.87 bits per heavy atom. The summed E-state index contributed by atoms with van der Waals surface area (Å²) in [4.78, 5) is 25.1. The van der Waals surface area contributed by atoms with Crippen LogP contribution in [0.3, 0.4) is 0 Å². The molecule has 86 valence electrons. The van der Waals surface area contributed by atoms with E-state index >= 15 is 0 Å². The Kier molecular flexibility index (Phi) is 3.50. The van der Waals surface area contributed by atoms with Crippen molar-refractivity contribution in [1.29, 1.82) is 0 Å². The predicted octanol–water partition coefficient (Wildman–Crippen LogP) is 0.611. The second-order valence-corrected chi connectivity index (χ2v) is 4.67. The molecule has 15 heavy (non-hydrogen) atoms. The Labute approximate surface area is 90.8 Å². The molecule has 4 heteroatoms. The topological polar surface area (TPSA) is 63.4 Å². The summed E-state index contributed by atoms with van der Waals surface area (Å²) in [7, 11) is 0. The Morgan fingerprint density at radius 2 is 1.60 bits per heavy atom. The van der Waals surface area contributed by atoms with Gasteiger partial charge in [0.15, 0.2) is 0 Å². The lowest BCUT2D eigenvalue weighted by atomic mass is 10.00. The smallest absolute Gasteiger partial charge is 0.233 e. The van der Waals surface area contributed by atoms with E-state index in [0.717, 1.165) is 0 Å². The summed E-state index contributed by atoms with van der Waals surface area (Å²) in [6.45, 7) is 7.91. The summed E-state index contributed by atoms with van der Waals surface area (Å²) in [5.41, 5.74) is 5.62. The van der Waals surface area contributed by atoms with Crippen molar-refractivity contribution in [2.75, 3.05) is 6.54 Å². The maximum absolute atomic E-state index is 11.9. The van der Waals surface area contributed by atoms with E-state index in [1.165, 1.54) is 4.90 Å². The molecule has 4 nitrogen and oxygen atoms in total. The number of hydrogen-bond donors (Lipinski definition) is 1. The minimum absolute atomic E-state index is 0.0725. The van der Waals surface area contributed by atoms with Gasteiger partial charge >= 0.3 is 0 Å². The molecule has 0 aromatic heterocycles. The number of amides is 2. The van der Waals surface area contributed by atoms with Gasteiger partial charge in [0.25, 0.3) is 0 Å². The molecule has 3 atom stereocenters. The molecule has 0 bridgehead atoms. The maximum Gasteiger partial charge on any atom is 0.233 e. The fourth-order valence-corrected chi connectivity index (χ4v) is 1.98. The Morgan fingerprint density at radius 1 is 1.20 bits per heavy atom. The van der Waals surface area contributed by atoms with E-state index in [1.807, 2.05) is 13.8 Å². The van der Waals surface area contributed by atoms with Crippen LogP contribution in [0.1, 0.15) is 27.7 Å². The highest BCUT2D eigenvalue weighted by atomic mass is 16.2. The lowest BCUT2D eigenvalue weighted by Gasteiger charge is -2.28. The summed E-state index contributed by atoms with van der Waals surface area (Å²) in [5, 5.41) is 0.